The van der Waals surface area contributed by atoms with Crippen LogP contribution in [-0.4, -0.2) is 29.4 Å². The Morgan fingerprint density at radius 2 is 2.25 bits per heavy atom. The monoisotopic (exact) mass is 227 g/mol. The van der Waals surface area contributed by atoms with Gasteiger partial charge in [0.15, 0.2) is 0 Å². The number of amides is 1. The molecule has 0 saturated heterocycles. The molecule has 92 valence electrons. The zero-order valence-corrected chi connectivity index (χ0v) is 10.4. The Bertz CT molecular complexity index is 293. The first-order valence-electron chi connectivity index (χ1n) is 5.54. The lowest BCUT2D eigenvalue weighted by atomic mass is 9.91. The second-order valence-electron chi connectivity index (χ2n) is 5.63. The van der Waals surface area contributed by atoms with Gasteiger partial charge in [0, 0.05) is 5.41 Å². The van der Waals surface area contributed by atoms with Crippen molar-refractivity contribution >= 4 is 6.09 Å². The maximum Gasteiger partial charge on any atom is 0.408 e. The van der Waals surface area contributed by atoms with Crippen LogP contribution in [0.1, 0.15) is 34.1 Å². The van der Waals surface area contributed by atoms with Crippen LogP contribution in [0.25, 0.3) is 0 Å². The molecular weight excluding hydrogens is 206 g/mol. The summed E-state index contributed by atoms with van der Waals surface area (Å²) in [6.07, 6.45) is 4.14. The van der Waals surface area contributed by atoms with Crippen LogP contribution < -0.4 is 5.32 Å². The Balaban J connectivity index is 2.41. The van der Waals surface area contributed by atoms with E-state index in [4.69, 9.17) is 9.84 Å². The molecule has 0 fully saturated rings. The van der Waals surface area contributed by atoms with E-state index in [2.05, 4.69) is 5.32 Å². The number of ether oxygens (including phenoxy) is 1. The van der Waals surface area contributed by atoms with E-state index in [0.717, 1.165) is 0 Å². The van der Waals surface area contributed by atoms with Crippen LogP contribution in [0.5, 0.6) is 0 Å². The molecule has 1 aliphatic rings. The number of aliphatic hydroxyl groups excluding tert-OH is 1. The highest BCUT2D eigenvalue weighted by Crippen LogP contribution is 2.30. The Morgan fingerprint density at radius 3 is 2.69 bits per heavy atom. The van der Waals surface area contributed by atoms with E-state index in [1.807, 2.05) is 39.8 Å². The first kappa shape index (κ1) is 13.0. The van der Waals surface area contributed by atoms with Crippen molar-refractivity contribution in [2.45, 2.75) is 45.8 Å². The second kappa shape index (κ2) is 4.45. The molecule has 4 heteroatoms. The summed E-state index contributed by atoms with van der Waals surface area (Å²) >= 11 is 0. The lowest BCUT2D eigenvalue weighted by Crippen LogP contribution is -2.38. The summed E-state index contributed by atoms with van der Waals surface area (Å²) in [7, 11) is 0. The van der Waals surface area contributed by atoms with Crippen molar-refractivity contribution in [2.24, 2.45) is 5.41 Å². The van der Waals surface area contributed by atoms with Crippen molar-refractivity contribution in [3.05, 3.63) is 12.2 Å². The summed E-state index contributed by atoms with van der Waals surface area (Å²) in [6, 6.07) is -0.0491. The van der Waals surface area contributed by atoms with Gasteiger partial charge >= 0.3 is 6.09 Å². The van der Waals surface area contributed by atoms with Gasteiger partial charge in [0.1, 0.15) is 5.60 Å². The molecule has 0 unspecified atom stereocenters. The summed E-state index contributed by atoms with van der Waals surface area (Å²) in [5.74, 6) is 0. The van der Waals surface area contributed by atoms with E-state index in [1.54, 1.807) is 0 Å². The first-order chi connectivity index (χ1) is 7.24. The number of hydrogen-bond acceptors (Lipinski definition) is 3. The molecule has 2 N–H and O–H groups in total. The number of alkyl carbamates (subject to hydrolysis) is 1. The second-order valence-corrected chi connectivity index (χ2v) is 5.63. The third-order valence-corrected chi connectivity index (χ3v) is 2.48. The molecule has 0 saturated carbocycles. The van der Waals surface area contributed by atoms with E-state index in [-0.39, 0.29) is 18.1 Å². The van der Waals surface area contributed by atoms with Gasteiger partial charge in [-0.2, -0.15) is 0 Å². The number of carbonyl (C=O) groups excluding carboxylic acids is 1. The summed E-state index contributed by atoms with van der Waals surface area (Å²) in [5, 5.41) is 11.9. The van der Waals surface area contributed by atoms with Crippen LogP contribution in [0.15, 0.2) is 12.2 Å². The highest BCUT2D eigenvalue weighted by Gasteiger charge is 2.30. The Hall–Kier alpha value is -1.03. The fraction of sp³-hybridized carbons (Fsp3) is 0.750. The van der Waals surface area contributed by atoms with Crippen LogP contribution >= 0.6 is 0 Å². The summed E-state index contributed by atoms with van der Waals surface area (Å²) in [6.45, 7) is 7.54. The third-order valence-electron chi connectivity index (χ3n) is 2.48. The molecule has 0 aromatic rings. The van der Waals surface area contributed by atoms with E-state index in [0.29, 0.717) is 6.42 Å². The predicted octanol–water partition coefficient (Wildman–Crippen LogP) is 1.84. The quantitative estimate of drug-likeness (QED) is 0.708. The smallest absolute Gasteiger partial charge is 0.408 e. The SMILES string of the molecule is CC(C)(C)OC(=O)N[C@H]1C=C[C@@](C)(CO)C1. The number of nitrogens with one attached hydrogen (secondary N) is 1. The highest BCUT2D eigenvalue weighted by molar-refractivity contribution is 5.68. The van der Waals surface area contributed by atoms with Crippen LogP contribution in [0, 0.1) is 5.41 Å². The highest BCUT2D eigenvalue weighted by atomic mass is 16.6. The van der Waals surface area contributed by atoms with Crippen molar-refractivity contribution in [3.63, 3.8) is 0 Å². The molecule has 0 aromatic carbocycles. The number of hydrogen-bond donors (Lipinski definition) is 2. The minimum absolute atomic E-state index is 0.0491. The topological polar surface area (TPSA) is 58.6 Å². The first-order valence-corrected chi connectivity index (χ1v) is 5.54. The van der Waals surface area contributed by atoms with Crippen LogP contribution in [0.2, 0.25) is 0 Å². The van der Waals surface area contributed by atoms with Gasteiger partial charge in [-0.1, -0.05) is 19.1 Å². The average Bonchev–Trinajstić information content (AvgIpc) is 2.45. The van der Waals surface area contributed by atoms with E-state index in [1.165, 1.54) is 0 Å². The van der Waals surface area contributed by atoms with Gasteiger partial charge in [0.05, 0.1) is 12.6 Å². The number of rotatable bonds is 2. The lowest BCUT2D eigenvalue weighted by molar-refractivity contribution is 0.0505. The number of aliphatic hydroxyl groups is 1. The fourth-order valence-corrected chi connectivity index (χ4v) is 1.66. The Kier molecular flexibility index (Phi) is 3.63. The van der Waals surface area contributed by atoms with Gasteiger partial charge in [0.2, 0.25) is 0 Å². The van der Waals surface area contributed by atoms with Crippen LogP contribution in [-0.2, 0) is 4.74 Å². The van der Waals surface area contributed by atoms with E-state index >= 15 is 0 Å². The fourth-order valence-electron chi connectivity index (χ4n) is 1.66. The van der Waals surface area contributed by atoms with Crippen molar-refractivity contribution in [1.29, 1.82) is 0 Å². The summed E-state index contributed by atoms with van der Waals surface area (Å²) < 4.78 is 5.16. The minimum atomic E-state index is -0.479. The largest absolute Gasteiger partial charge is 0.444 e. The zero-order valence-electron chi connectivity index (χ0n) is 10.4. The zero-order chi connectivity index (χ0) is 12.4. The van der Waals surface area contributed by atoms with E-state index in [9.17, 15) is 4.79 Å². The van der Waals surface area contributed by atoms with Crippen molar-refractivity contribution in [3.8, 4) is 0 Å². The molecule has 0 bridgehead atoms. The van der Waals surface area contributed by atoms with Gasteiger partial charge < -0.3 is 15.2 Å². The Labute approximate surface area is 96.7 Å². The molecule has 2 atom stereocenters. The van der Waals surface area contributed by atoms with Gasteiger partial charge in [-0.25, -0.2) is 4.79 Å². The number of carbonyl (C=O) groups is 1. The molecule has 1 rings (SSSR count). The summed E-state index contributed by atoms with van der Waals surface area (Å²) in [5.41, 5.74) is -0.702. The lowest BCUT2D eigenvalue weighted by Gasteiger charge is -2.23. The molecule has 4 nitrogen and oxygen atoms in total. The minimum Gasteiger partial charge on any atom is -0.444 e. The van der Waals surface area contributed by atoms with Gasteiger partial charge in [-0.15, -0.1) is 0 Å². The predicted molar refractivity (Wildman–Crippen MR) is 62.1 cm³/mol. The summed E-state index contributed by atoms with van der Waals surface area (Å²) in [4.78, 5) is 11.5. The van der Waals surface area contributed by atoms with Crippen molar-refractivity contribution in [2.75, 3.05) is 6.61 Å². The van der Waals surface area contributed by atoms with Crippen molar-refractivity contribution < 1.29 is 14.6 Å². The van der Waals surface area contributed by atoms with Crippen LogP contribution in [0.4, 0.5) is 4.79 Å². The molecular formula is C12H21NO3. The van der Waals surface area contributed by atoms with Gasteiger partial charge in [-0.3, -0.25) is 0 Å². The van der Waals surface area contributed by atoms with Gasteiger partial charge in [-0.05, 0) is 27.2 Å². The molecule has 0 spiro atoms. The molecule has 0 heterocycles. The molecule has 0 radical (unpaired) electrons. The molecule has 0 aliphatic heterocycles. The normalized spacial score (nSPS) is 29.2. The Morgan fingerprint density at radius 1 is 1.62 bits per heavy atom. The standard InChI is InChI=1S/C12H21NO3/c1-11(2,3)16-10(15)13-9-5-6-12(4,7-9)8-14/h5-6,9,14H,7-8H2,1-4H3,(H,13,15)/t9-,12+/m0/s1. The van der Waals surface area contributed by atoms with Crippen LogP contribution in [0.3, 0.4) is 0 Å². The molecule has 1 aliphatic carbocycles. The average molecular weight is 227 g/mol. The molecule has 0 aromatic heterocycles. The maximum atomic E-state index is 11.5. The van der Waals surface area contributed by atoms with Crippen molar-refractivity contribution in [1.82, 2.24) is 5.32 Å². The third kappa shape index (κ3) is 3.85. The van der Waals surface area contributed by atoms with E-state index < -0.39 is 11.7 Å². The molecule has 16 heavy (non-hydrogen) atoms. The molecule has 1 amide bonds. The maximum absolute atomic E-state index is 11.5. The van der Waals surface area contributed by atoms with Gasteiger partial charge in [0.25, 0.3) is 0 Å².